The lowest BCUT2D eigenvalue weighted by molar-refractivity contribution is -0.115. The molecule has 0 radical (unpaired) electrons. The van der Waals surface area contributed by atoms with Gasteiger partial charge in [-0.25, -0.2) is 4.98 Å². The summed E-state index contributed by atoms with van der Waals surface area (Å²) in [7, 11) is 3.20. The van der Waals surface area contributed by atoms with Crippen LogP contribution >= 0.6 is 11.8 Å². The van der Waals surface area contributed by atoms with Gasteiger partial charge in [-0.05, 0) is 48.9 Å². The topological polar surface area (TPSA) is 93.3 Å². The lowest BCUT2D eigenvalue weighted by Gasteiger charge is -2.09. The van der Waals surface area contributed by atoms with E-state index in [1.165, 1.54) is 11.8 Å². The predicted molar refractivity (Wildman–Crippen MR) is 117 cm³/mol. The van der Waals surface area contributed by atoms with Gasteiger partial charge >= 0.3 is 0 Å². The van der Waals surface area contributed by atoms with Crippen LogP contribution in [0.25, 0.3) is 0 Å². The molecular weight excluding hydrogens is 402 g/mol. The maximum absolute atomic E-state index is 12.5. The highest BCUT2D eigenvalue weighted by Crippen LogP contribution is 2.22. The number of nitrogens with one attached hydrogen (secondary N) is 2. The van der Waals surface area contributed by atoms with Gasteiger partial charge in [0.25, 0.3) is 5.56 Å². The predicted octanol–water partition coefficient (Wildman–Crippen LogP) is 3.57. The molecule has 2 N–H and O–H groups in total. The normalized spacial score (nSPS) is 10.5. The van der Waals surface area contributed by atoms with Crippen LogP contribution in [0, 0.1) is 6.92 Å². The molecule has 3 aromatic rings. The Bertz CT molecular complexity index is 1080. The molecule has 0 atom stereocenters. The fourth-order valence-corrected chi connectivity index (χ4v) is 3.66. The van der Waals surface area contributed by atoms with E-state index in [9.17, 15) is 9.59 Å². The highest BCUT2D eigenvalue weighted by Gasteiger charge is 2.13. The molecule has 0 aliphatic carbocycles. The molecule has 0 bridgehead atoms. The number of thioether (sulfide) groups is 1. The molecule has 0 saturated heterocycles. The third kappa shape index (κ3) is 5.64. The molecule has 30 heavy (non-hydrogen) atoms. The monoisotopic (exact) mass is 425 g/mol. The Labute approximate surface area is 178 Å². The maximum Gasteiger partial charge on any atom is 0.255 e. The number of benzene rings is 2. The van der Waals surface area contributed by atoms with Crippen LogP contribution in [0.15, 0.2) is 58.5 Å². The van der Waals surface area contributed by atoms with Gasteiger partial charge < -0.3 is 19.8 Å². The lowest BCUT2D eigenvalue weighted by atomic mass is 10.1. The van der Waals surface area contributed by atoms with Crippen LogP contribution in [0.3, 0.4) is 0 Å². The minimum Gasteiger partial charge on any atom is -0.497 e. The Hall–Kier alpha value is -3.26. The Morgan fingerprint density at radius 2 is 1.83 bits per heavy atom. The smallest absolute Gasteiger partial charge is 0.255 e. The number of nitrogens with zero attached hydrogens (tertiary/aromatic N) is 1. The third-order valence-electron chi connectivity index (χ3n) is 4.42. The number of ether oxygens (including phenoxy) is 2. The van der Waals surface area contributed by atoms with Crippen molar-refractivity contribution in [3.8, 4) is 11.5 Å². The van der Waals surface area contributed by atoms with Crippen molar-refractivity contribution >= 4 is 23.4 Å². The van der Waals surface area contributed by atoms with E-state index in [1.807, 2.05) is 24.3 Å². The zero-order valence-electron chi connectivity index (χ0n) is 17.0. The lowest BCUT2D eigenvalue weighted by Crippen LogP contribution is -2.23. The van der Waals surface area contributed by atoms with Crippen LogP contribution in [0.4, 0.5) is 5.69 Å². The quantitative estimate of drug-likeness (QED) is 0.423. The van der Waals surface area contributed by atoms with E-state index in [-0.39, 0.29) is 17.9 Å². The van der Waals surface area contributed by atoms with Gasteiger partial charge in [-0.2, -0.15) is 0 Å². The van der Waals surface area contributed by atoms with Gasteiger partial charge in [0.1, 0.15) is 11.5 Å². The summed E-state index contributed by atoms with van der Waals surface area (Å²) in [6, 6.07) is 14.7. The molecule has 1 heterocycles. The van der Waals surface area contributed by atoms with Crippen LogP contribution in [0.5, 0.6) is 11.5 Å². The standard InChI is InChI=1S/C22H23N3O4S/c1-14-19(12-20(26)24-16-7-9-17(28-2)10-8-16)21(27)25-22(23-14)30-13-15-5-4-6-18(11-15)29-3/h4-11H,12-13H2,1-3H3,(H,24,26)(H,23,25,27). The zero-order chi connectivity index (χ0) is 21.5. The summed E-state index contributed by atoms with van der Waals surface area (Å²) >= 11 is 1.42. The van der Waals surface area contributed by atoms with Crippen LogP contribution in [-0.2, 0) is 17.0 Å². The molecule has 1 aromatic heterocycles. The molecule has 0 aliphatic heterocycles. The molecule has 0 unspecified atom stereocenters. The van der Waals surface area contributed by atoms with Crippen molar-refractivity contribution in [3.05, 3.63) is 75.7 Å². The Kier molecular flexibility index (Phi) is 7.13. The van der Waals surface area contributed by atoms with E-state index in [0.29, 0.717) is 33.6 Å². The van der Waals surface area contributed by atoms with E-state index in [1.54, 1.807) is 45.4 Å². The zero-order valence-corrected chi connectivity index (χ0v) is 17.8. The van der Waals surface area contributed by atoms with E-state index in [0.717, 1.165) is 11.3 Å². The minimum absolute atomic E-state index is 0.0545. The number of anilines is 1. The molecule has 156 valence electrons. The number of aryl methyl sites for hydroxylation is 1. The van der Waals surface area contributed by atoms with Gasteiger partial charge in [-0.3, -0.25) is 9.59 Å². The highest BCUT2D eigenvalue weighted by atomic mass is 32.2. The number of aromatic nitrogens is 2. The number of amides is 1. The average molecular weight is 426 g/mol. The minimum atomic E-state index is -0.305. The van der Waals surface area contributed by atoms with Crippen molar-refractivity contribution in [3.63, 3.8) is 0 Å². The largest absolute Gasteiger partial charge is 0.497 e. The number of hydrogen-bond acceptors (Lipinski definition) is 6. The average Bonchev–Trinajstić information content (AvgIpc) is 2.75. The number of hydrogen-bond donors (Lipinski definition) is 2. The summed E-state index contributed by atoms with van der Waals surface area (Å²) in [6.45, 7) is 1.74. The Morgan fingerprint density at radius 3 is 2.50 bits per heavy atom. The number of rotatable bonds is 8. The fraction of sp³-hybridized carbons (Fsp3) is 0.227. The molecule has 0 saturated carbocycles. The second-order valence-electron chi connectivity index (χ2n) is 6.53. The number of aromatic amines is 1. The Balaban J connectivity index is 1.64. The highest BCUT2D eigenvalue weighted by molar-refractivity contribution is 7.98. The molecule has 0 aliphatic rings. The van der Waals surface area contributed by atoms with E-state index in [4.69, 9.17) is 9.47 Å². The first-order chi connectivity index (χ1) is 14.5. The summed E-state index contributed by atoms with van der Waals surface area (Å²) in [5.41, 5.74) is 2.28. The molecule has 7 nitrogen and oxygen atoms in total. The number of carbonyl (C=O) groups is 1. The van der Waals surface area contributed by atoms with Gasteiger partial charge in [0.15, 0.2) is 5.16 Å². The first-order valence-corrected chi connectivity index (χ1v) is 10.3. The van der Waals surface area contributed by atoms with Crippen LogP contribution < -0.4 is 20.3 Å². The molecule has 3 rings (SSSR count). The van der Waals surface area contributed by atoms with Crippen molar-refractivity contribution < 1.29 is 14.3 Å². The first-order valence-electron chi connectivity index (χ1n) is 9.28. The van der Waals surface area contributed by atoms with Crippen molar-refractivity contribution in [1.29, 1.82) is 0 Å². The van der Waals surface area contributed by atoms with Crippen LogP contribution in [0.2, 0.25) is 0 Å². The first kappa shape index (κ1) is 21.4. The third-order valence-corrected chi connectivity index (χ3v) is 5.37. The number of methoxy groups -OCH3 is 2. The summed E-state index contributed by atoms with van der Waals surface area (Å²) in [6.07, 6.45) is -0.0545. The Morgan fingerprint density at radius 1 is 1.10 bits per heavy atom. The van der Waals surface area contributed by atoms with E-state index >= 15 is 0 Å². The van der Waals surface area contributed by atoms with E-state index < -0.39 is 0 Å². The van der Waals surface area contributed by atoms with Gasteiger partial charge in [-0.1, -0.05) is 23.9 Å². The van der Waals surface area contributed by atoms with Gasteiger partial charge in [-0.15, -0.1) is 0 Å². The second kappa shape index (κ2) is 9.98. The molecular formula is C22H23N3O4S. The molecule has 2 aromatic carbocycles. The van der Waals surface area contributed by atoms with Crippen molar-refractivity contribution in [2.24, 2.45) is 0 Å². The van der Waals surface area contributed by atoms with Crippen LogP contribution in [0.1, 0.15) is 16.8 Å². The SMILES string of the molecule is COc1ccc(NC(=O)Cc2c(C)nc(SCc3cccc(OC)c3)[nH]c2=O)cc1. The molecule has 0 fully saturated rings. The van der Waals surface area contributed by atoms with Crippen molar-refractivity contribution in [2.45, 2.75) is 24.3 Å². The number of carbonyl (C=O) groups excluding carboxylic acids is 1. The summed E-state index contributed by atoms with van der Waals surface area (Å²) in [4.78, 5) is 32.1. The van der Waals surface area contributed by atoms with Crippen molar-refractivity contribution in [1.82, 2.24) is 9.97 Å². The van der Waals surface area contributed by atoms with Crippen molar-refractivity contribution in [2.75, 3.05) is 19.5 Å². The van der Waals surface area contributed by atoms with E-state index in [2.05, 4.69) is 15.3 Å². The fourth-order valence-electron chi connectivity index (χ4n) is 2.82. The maximum atomic E-state index is 12.5. The summed E-state index contributed by atoms with van der Waals surface area (Å²) in [5, 5.41) is 3.29. The van der Waals surface area contributed by atoms with Gasteiger partial charge in [0.05, 0.1) is 20.6 Å². The molecule has 0 spiro atoms. The number of H-pyrrole nitrogens is 1. The van der Waals surface area contributed by atoms with Gasteiger partial charge in [0, 0.05) is 22.7 Å². The summed E-state index contributed by atoms with van der Waals surface area (Å²) in [5.74, 6) is 1.83. The van der Waals surface area contributed by atoms with Crippen LogP contribution in [-0.4, -0.2) is 30.1 Å². The second-order valence-corrected chi connectivity index (χ2v) is 7.49. The summed E-state index contributed by atoms with van der Waals surface area (Å²) < 4.78 is 10.3. The van der Waals surface area contributed by atoms with Gasteiger partial charge in [0.2, 0.25) is 5.91 Å². The molecule has 1 amide bonds. The molecule has 8 heteroatoms.